The summed E-state index contributed by atoms with van der Waals surface area (Å²) in [6.07, 6.45) is 10.4. The first-order chi connectivity index (χ1) is 23.2. The second-order valence-corrected chi connectivity index (χ2v) is 14.2. The van der Waals surface area contributed by atoms with E-state index in [1.807, 2.05) is 55.2 Å². The minimum Gasteiger partial charge on any atom is -0.507 e. The highest BCUT2D eigenvalue weighted by Gasteiger charge is 2.42. The molecule has 2 aliphatic rings. The molecule has 0 spiro atoms. The monoisotopic (exact) mass is 677 g/mol. The third-order valence-corrected chi connectivity index (χ3v) is 10.5. The van der Waals surface area contributed by atoms with E-state index in [1.165, 1.54) is 0 Å². The first-order valence-corrected chi connectivity index (χ1v) is 18.4. The van der Waals surface area contributed by atoms with Crippen LogP contribution in [-0.4, -0.2) is 97.4 Å². The number of carbonyl (C=O) groups is 1. The number of benzene rings is 2. The molecule has 2 heterocycles. The number of carbonyl (C=O) groups excluding carboxylic acids is 1. The maximum atomic E-state index is 11.6. The van der Waals surface area contributed by atoms with Gasteiger partial charge in [0.05, 0.1) is 31.3 Å². The van der Waals surface area contributed by atoms with E-state index in [0.29, 0.717) is 35.4 Å². The van der Waals surface area contributed by atoms with Gasteiger partial charge in [-0.15, -0.1) is 0 Å². The van der Waals surface area contributed by atoms with Crippen LogP contribution in [0.15, 0.2) is 58.7 Å². The quantitative estimate of drug-likeness (QED) is 0.0508. The Balaban J connectivity index is 1.21. The van der Waals surface area contributed by atoms with Crippen molar-refractivity contribution in [3.05, 3.63) is 65.4 Å². The average Bonchev–Trinajstić information content (AvgIpc) is 3.62. The van der Waals surface area contributed by atoms with Crippen molar-refractivity contribution in [2.24, 2.45) is 9.98 Å². The number of anilines is 1. The number of hydrogen-bond acceptors (Lipinski definition) is 9. The van der Waals surface area contributed by atoms with E-state index >= 15 is 0 Å². The number of fused-ring (bicyclic) bond motifs is 1. The highest BCUT2D eigenvalue weighted by atomic mass is 32.2. The van der Waals surface area contributed by atoms with Gasteiger partial charge in [0.2, 0.25) is 0 Å². The number of ether oxygens (including phenoxy) is 1. The van der Waals surface area contributed by atoms with Gasteiger partial charge in [0.1, 0.15) is 11.5 Å². The molecule has 2 amide bonds. The van der Waals surface area contributed by atoms with Crippen LogP contribution in [0.5, 0.6) is 11.5 Å². The summed E-state index contributed by atoms with van der Waals surface area (Å²) < 4.78 is 5.82. The van der Waals surface area contributed by atoms with E-state index in [1.54, 1.807) is 12.3 Å². The second-order valence-electron chi connectivity index (χ2n) is 12.9. The number of nitrogens with two attached hydrogens (primary N) is 1. The minimum atomic E-state index is -0.0303. The molecule has 6 N–H and O–H groups in total. The molecule has 11 heteroatoms. The predicted octanol–water partition coefficient (Wildman–Crippen LogP) is 5.52. The SMILES string of the molecule is C=C(CCCC1SCC2NC(=O)NC21)NCCCCC(CN=Cc1ccc(OCCCN(C)CC)cc1O)N=Cc1ccc(C)cc1N. The van der Waals surface area contributed by atoms with Crippen molar-refractivity contribution in [2.75, 3.05) is 51.3 Å². The van der Waals surface area contributed by atoms with E-state index in [4.69, 9.17) is 15.5 Å². The molecule has 262 valence electrons. The van der Waals surface area contributed by atoms with Crippen molar-refractivity contribution >= 4 is 35.9 Å². The van der Waals surface area contributed by atoms with Crippen LogP contribution < -0.4 is 26.4 Å². The molecule has 2 fully saturated rings. The average molecular weight is 678 g/mol. The van der Waals surface area contributed by atoms with E-state index < -0.39 is 0 Å². The van der Waals surface area contributed by atoms with Crippen molar-refractivity contribution in [3.63, 3.8) is 0 Å². The zero-order chi connectivity index (χ0) is 34.3. The van der Waals surface area contributed by atoms with Crippen molar-refractivity contribution in [2.45, 2.75) is 82.2 Å². The van der Waals surface area contributed by atoms with Gasteiger partial charge < -0.3 is 36.4 Å². The van der Waals surface area contributed by atoms with Crippen LogP contribution in [0, 0.1) is 6.92 Å². The number of rotatable bonds is 21. The normalized spacial score (nSPS) is 19.5. The summed E-state index contributed by atoms with van der Waals surface area (Å²) in [6.45, 7) is 12.3. The Hall–Kier alpha value is -3.70. The maximum absolute atomic E-state index is 11.6. The first-order valence-electron chi connectivity index (χ1n) is 17.4. The summed E-state index contributed by atoms with van der Waals surface area (Å²) >= 11 is 1.95. The molecule has 4 unspecified atom stereocenters. The molecule has 4 atom stereocenters. The molecule has 2 saturated heterocycles. The molecule has 0 bridgehead atoms. The van der Waals surface area contributed by atoms with E-state index in [2.05, 4.69) is 46.4 Å². The topological polar surface area (TPSA) is 137 Å². The number of allylic oxidation sites excluding steroid dienone is 1. The molecule has 2 aliphatic heterocycles. The second kappa shape index (κ2) is 19.3. The standard InChI is InChI=1S/C37H55N7O3S/c1-5-44(4)18-9-19-47-31-16-15-29(34(45)21-31)22-39-24-30(41-23-28-14-13-26(2)20-32(28)38)11-6-7-17-40-27(3)10-8-12-35-36-33(25-48-35)42-37(46)43-36/h13-16,20-23,30,33,35-36,40,45H,3,5-12,17-19,24-25,38H2,1-2,4H3,(H2,42,43,46). The smallest absolute Gasteiger partial charge is 0.315 e. The van der Waals surface area contributed by atoms with Gasteiger partial charge in [-0.1, -0.05) is 25.6 Å². The molecule has 4 rings (SSSR count). The number of urea groups is 1. The highest BCUT2D eigenvalue weighted by Crippen LogP contribution is 2.33. The Morgan fingerprint density at radius 3 is 2.81 bits per heavy atom. The van der Waals surface area contributed by atoms with Crippen molar-refractivity contribution in [1.82, 2.24) is 20.9 Å². The van der Waals surface area contributed by atoms with Gasteiger partial charge in [0, 0.05) is 65.1 Å². The summed E-state index contributed by atoms with van der Waals surface area (Å²) in [5.74, 6) is 1.79. The Morgan fingerprint density at radius 2 is 2.02 bits per heavy atom. The summed E-state index contributed by atoms with van der Waals surface area (Å²) in [4.78, 5) is 23.4. The number of amides is 2. The number of thioether (sulfide) groups is 1. The number of phenolic OH excluding ortho intramolecular Hbond substituents is 1. The molecule has 2 aromatic rings. The van der Waals surface area contributed by atoms with Crippen molar-refractivity contribution in [3.8, 4) is 11.5 Å². The number of unbranched alkanes of at least 4 members (excludes halogenated alkanes) is 1. The van der Waals surface area contributed by atoms with E-state index in [9.17, 15) is 9.90 Å². The molecule has 0 radical (unpaired) electrons. The van der Waals surface area contributed by atoms with Crippen LogP contribution in [0.3, 0.4) is 0 Å². The van der Waals surface area contributed by atoms with Gasteiger partial charge in [-0.2, -0.15) is 11.8 Å². The number of hydrogen-bond donors (Lipinski definition) is 5. The van der Waals surface area contributed by atoms with Crippen LogP contribution in [0.1, 0.15) is 68.6 Å². The van der Waals surface area contributed by atoms with Gasteiger partial charge in [0.25, 0.3) is 0 Å². The van der Waals surface area contributed by atoms with Gasteiger partial charge >= 0.3 is 6.03 Å². The number of aliphatic imine (C=N–C) groups is 2. The first kappa shape index (κ1) is 37.1. The largest absolute Gasteiger partial charge is 0.507 e. The zero-order valence-electron chi connectivity index (χ0n) is 28.9. The van der Waals surface area contributed by atoms with Crippen LogP contribution in [0.25, 0.3) is 0 Å². The zero-order valence-corrected chi connectivity index (χ0v) is 29.7. The fourth-order valence-corrected chi connectivity index (χ4v) is 7.45. The fourth-order valence-electron chi connectivity index (χ4n) is 5.91. The van der Waals surface area contributed by atoms with Gasteiger partial charge in [0.15, 0.2) is 0 Å². The van der Waals surface area contributed by atoms with Crippen LogP contribution in [0.4, 0.5) is 10.5 Å². The van der Waals surface area contributed by atoms with E-state index in [-0.39, 0.29) is 29.9 Å². The van der Waals surface area contributed by atoms with Gasteiger partial charge in [-0.05, 0) is 89.2 Å². The van der Waals surface area contributed by atoms with Crippen LogP contribution in [0.2, 0.25) is 0 Å². The lowest BCUT2D eigenvalue weighted by Crippen LogP contribution is -2.36. The minimum absolute atomic E-state index is 0.0190. The van der Waals surface area contributed by atoms with Gasteiger partial charge in [-0.3, -0.25) is 9.98 Å². The Morgan fingerprint density at radius 1 is 1.19 bits per heavy atom. The number of aromatic hydroxyl groups is 1. The Kier molecular flexibility index (Phi) is 15.0. The number of aryl methyl sites for hydroxylation is 1. The lowest BCUT2D eigenvalue weighted by molar-refractivity contribution is 0.247. The van der Waals surface area contributed by atoms with Gasteiger partial charge in [-0.25, -0.2) is 4.79 Å². The molecule has 48 heavy (non-hydrogen) atoms. The molecule has 0 saturated carbocycles. The molecule has 10 nitrogen and oxygen atoms in total. The number of phenols is 1. The molecule has 2 aromatic carbocycles. The summed E-state index contributed by atoms with van der Waals surface area (Å²) in [5, 5.41) is 20.6. The third kappa shape index (κ3) is 12.1. The third-order valence-electron chi connectivity index (χ3n) is 8.95. The lowest BCUT2D eigenvalue weighted by Gasteiger charge is -2.17. The van der Waals surface area contributed by atoms with Crippen LogP contribution in [-0.2, 0) is 0 Å². The predicted molar refractivity (Wildman–Crippen MR) is 201 cm³/mol. The molecular weight excluding hydrogens is 623 g/mol. The van der Waals surface area contributed by atoms with E-state index in [0.717, 1.165) is 87.2 Å². The lowest BCUT2D eigenvalue weighted by atomic mass is 10.0. The number of nitrogens with one attached hydrogen (secondary N) is 3. The van der Waals surface area contributed by atoms with Crippen molar-refractivity contribution < 1.29 is 14.6 Å². The molecular formula is C37H55N7O3S. The summed E-state index contributed by atoms with van der Waals surface area (Å²) in [5.41, 5.74) is 10.7. The van der Waals surface area contributed by atoms with Crippen molar-refractivity contribution in [1.29, 1.82) is 0 Å². The fraction of sp³-hybridized carbons (Fsp3) is 0.541. The Bertz CT molecular complexity index is 1400. The number of nitrogens with zero attached hydrogens (tertiary/aromatic N) is 3. The maximum Gasteiger partial charge on any atom is 0.315 e. The number of nitrogen functional groups attached to an aromatic ring is 1. The Labute approximate surface area is 291 Å². The highest BCUT2D eigenvalue weighted by molar-refractivity contribution is 8.00. The molecule has 0 aliphatic carbocycles. The summed E-state index contributed by atoms with van der Waals surface area (Å²) in [6, 6.07) is 11.8. The van der Waals surface area contributed by atoms with Crippen LogP contribution >= 0.6 is 11.8 Å². The molecule has 0 aromatic heterocycles. The summed E-state index contributed by atoms with van der Waals surface area (Å²) in [7, 11) is 2.09.